The third-order valence-electron chi connectivity index (χ3n) is 4.33. The smallest absolute Gasteiger partial charge is 0.406 e. The van der Waals surface area contributed by atoms with E-state index in [1.165, 1.54) is 12.1 Å². The van der Waals surface area contributed by atoms with Crippen molar-refractivity contribution in [3.8, 4) is 16.9 Å². The van der Waals surface area contributed by atoms with E-state index in [-0.39, 0.29) is 30.1 Å². The number of rotatable bonds is 9. The lowest BCUT2D eigenvalue weighted by molar-refractivity contribution is -0.274. The molecule has 8 heteroatoms. The van der Waals surface area contributed by atoms with Crippen LogP contribution in [0, 0.1) is 0 Å². The van der Waals surface area contributed by atoms with E-state index in [0.717, 1.165) is 29.5 Å². The summed E-state index contributed by atoms with van der Waals surface area (Å²) in [5.74, 6) is -0.242. The van der Waals surface area contributed by atoms with Gasteiger partial charge in [0.25, 0.3) is 0 Å². The maximum Gasteiger partial charge on any atom is 0.573 e. The predicted octanol–water partition coefficient (Wildman–Crippen LogP) is 4.72. The van der Waals surface area contributed by atoms with Gasteiger partial charge in [-0.15, -0.1) is 25.6 Å². The second kappa shape index (κ2) is 11.7. The van der Waals surface area contributed by atoms with Gasteiger partial charge in [0.2, 0.25) is 5.91 Å². The van der Waals surface area contributed by atoms with Crippen molar-refractivity contribution in [3.63, 3.8) is 0 Å². The topological polar surface area (TPSA) is 50.4 Å². The average molecular weight is 431 g/mol. The number of amides is 1. The molecule has 0 bridgehead atoms. The van der Waals surface area contributed by atoms with Crippen molar-refractivity contribution in [2.45, 2.75) is 38.6 Å². The van der Waals surface area contributed by atoms with E-state index in [4.69, 9.17) is 0 Å². The average Bonchev–Trinajstić information content (AvgIpc) is 2.66. The van der Waals surface area contributed by atoms with Gasteiger partial charge >= 0.3 is 6.36 Å². The number of halogens is 4. The molecule has 2 aromatic carbocycles. The van der Waals surface area contributed by atoms with E-state index in [1.807, 2.05) is 31.2 Å². The molecule has 1 unspecified atom stereocenters. The zero-order valence-electron chi connectivity index (χ0n) is 16.4. The zero-order valence-corrected chi connectivity index (χ0v) is 17.2. The number of ether oxygens (including phenoxy) is 1. The van der Waals surface area contributed by atoms with Gasteiger partial charge in [0.05, 0.1) is 6.04 Å². The molecule has 0 aromatic heterocycles. The Morgan fingerprint density at radius 3 is 2.07 bits per heavy atom. The Morgan fingerprint density at radius 2 is 1.59 bits per heavy atom. The maximum atomic E-state index is 12.2. The largest absolute Gasteiger partial charge is 0.573 e. The Kier molecular flexibility index (Phi) is 9.98. The fourth-order valence-corrected chi connectivity index (χ4v) is 2.86. The Labute approximate surface area is 175 Å². The molecule has 1 atom stereocenters. The molecule has 0 saturated heterocycles. The lowest BCUT2D eigenvalue weighted by Crippen LogP contribution is -2.43. The summed E-state index contributed by atoms with van der Waals surface area (Å²) in [5, 5.41) is 5.94. The number of likely N-dealkylation sites (N-methyl/N-ethyl adjacent to an activating group) is 1. The van der Waals surface area contributed by atoms with Gasteiger partial charge in [-0.3, -0.25) is 4.79 Å². The molecule has 0 fully saturated rings. The minimum atomic E-state index is -4.69. The first-order valence-corrected chi connectivity index (χ1v) is 9.22. The fraction of sp³-hybridized carbons (Fsp3) is 0.381. The van der Waals surface area contributed by atoms with E-state index in [0.29, 0.717) is 13.0 Å². The molecule has 29 heavy (non-hydrogen) atoms. The van der Waals surface area contributed by atoms with Crippen molar-refractivity contribution in [1.82, 2.24) is 10.6 Å². The maximum absolute atomic E-state index is 12.2. The molecular formula is C21H26ClF3N2O2. The summed E-state index contributed by atoms with van der Waals surface area (Å²) in [6.45, 7) is 2.58. The summed E-state index contributed by atoms with van der Waals surface area (Å²) in [6, 6.07) is 13.3. The minimum absolute atomic E-state index is 0. The first-order chi connectivity index (χ1) is 13.3. The monoisotopic (exact) mass is 430 g/mol. The summed E-state index contributed by atoms with van der Waals surface area (Å²) in [7, 11) is 1.78. The van der Waals surface area contributed by atoms with Crippen LogP contribution in [0.4, 0.5) is 13.2 Å². The first-order valence-electron chi connectivity index (χ1n) is 9.22. The molecule has 0 aliphatic heterocycles. The Hall–Kier alpha value is -2.25. The molecule has 0 aliphatic carbocycles. The van der Waals surface area contributed by atoms with Crippen molar-refractivity contribution in [3.05, 3.63) is 54.1 Å². The highest BCUT2D eigenvalue weighted by Gasteiger charge is 2.30. The number of hydrogen-bond donors (Lipinski definition) is 2. The summed E-state index contributed by atoms with van der Waals surface area (Å²) < 4.78 is 40.5. The summed E-state index contributed by atoms with van der Waals surface area (Å²) >= 11 is 0. The zero-order chi connectivity index (χ0) is 20.6. The van der Waals surface area contributed by atoms with Crippen LogP contribution in [-0.4, -0.2) is 31.9 Å². The normalized spacial score (nSPS) is 12.0. The lowest BCUT2D eigenvalue weighted by atomic mass is 10.0. The summed E-state index contributed by atoms with van der Waals surface area (Å²) in [5.41, 5.74) is 2.76. The number of carbonyl (C=O) groups is 1. The molecule has 160 valence electrons. The quantitative estimate of drug-likeness (QED) is 0.605. The SMILES string of the molecule is CCCC(NC)C(=O)NCCc1ccc(-c2ccc(OC(F)(F)F)cc2)cc1.Cl. The van der Waals surface area contributed by atoms with Crippen LogP contribution in [0.5, 0.6) is 5.75 Å². The second-order valence-corrected chi connectivity index (χ2v) is 6.44. The predicted molar refractivity (Wildman–Crippen MR) is 110 cm³/mol. The van der Waals surface area contributed by atoms with E-state index in [9.17, 15) is 18.0 Å². The first kappa shape index (κ1) is 24.8. The van der Waals surface area contributed by atoms with Crippen LogP contribution in [0.1, 0.15) is 25.3 Å². The number of benzene rings is 2. The number of alkyl halides is 3. The van der Waals surface area contributed by atoms with Gasteiger partial charge in [0.15, 0.2) is 0 Å². The standard InChI is InChI=1S/C21H25F3N2O2.ClH/c1-3-4-19(25-2)20(27)26-14-13-15-5-7-16(8-6-15)17-9-11-18(12-10-17)28-21(22,23)24;/h5-12,19,25H,3-4,13-14H2,1-2H3,(H,26,27);1H. The Balaban J connectivity index is 0.00000420. The highest BCUT2D eigenvalue weighted by Crippen LogP contribution is 2.26. The Morgan fingerprint density at radius 1 is 1.03 bits per heavy atom. The van der Waals surface area contributed by atoms with Gasteiger partial charge in [-0.25, -0.2) is 0 Å². The van der Waals surface area contributed by atoms with Crippen molar-refractivity contribution in [2.24, 2.45) is 0 Å². The molecule has 2 N–H and O–H groups in total. The van der Waals surface area contributed by atoms with Crippen LogP contribution in [-0.2, 0) is 11.2 Å². The van der Waals surface area contributed by atoms with Crippen LogP contribution in [0.15, 0.2) is 48.5 Å². The summed E-state index contributed by atoms with van der Waals surface area (Å²) in [4.78, 5) is 12.1. The molecule has 0 radical (unpaired) electrons. The molecule has 0 spiro atoms. The number of hydrogen-bond acceptors (Lipinski definition) is 3. The Bertz CT molecular complexity index is 750. The molecule has 2 aromatic rings. The minimum Gasteiger partial charge on any atom is -0.406 e. The molecule has 0 saturated carbocycles. The molecular weight excluding hydrogens is 405 g/mol. The molecule has 4 nitrogen and oxygen atoms in total. The molecule has 2 rings (SSSR count). The van der Waals surface area contributed by atoms with Crippen molar-refractivity contribution in [2.75, 3.05) is 13.6 Å². The van der Waals surface area contributed by atoms with Crippen LogP contribution < -0.4 is 15.4 Å². The van der Waals surface area contributed by atoms with Crippen LogP contribution in [0.2, 0.25) is 0 Å². The van der Waals surface area contributed by atoms with Gasteiger partial charge < -0.3 is 15.4 Å². The van der Waals surface area contributed by atoms with Gasteiger partial charge in [0.1, 0.15) is 5.75 Å². The molecule has 0 aliphatic rings. The van der Waals surface area contributed by atoms with Gasteiger partial charge in [-0.2, -0.15) is 0 Å². The van der Waals surface area contributed by atoms with Crippen molar-refractivity contribution in [1.29, 1.82) is 0 Å². The fourth-order valence-electron chi connectivity index (χ4n) is 2.86. The third kappa shape index (κ3) is 8.33. The third-order valence-corrected chi connectivity index (χ3v) is 4.33. The number of carbonyl (C=O) groups excluding carboxylic acids is 1. The molecule has 1 amide bonds. The highest BCUT2D eigenvalue weighted by atomic mass is 35.5. The summed E-state index contributed by atoms with van der Waals surface area (Å²) in [6.07, 6.45) is -2.26. The van der Waals surface area contributed by atoms with E-state index in [2.05, 4.69) is 15.4 Å². The number of nitrogens with one attached hydrogen (secondary N) is 2. The van der Waals surface area contributed by atoms with Crippen molar-refractivity contribution >= 4 is 18.3 Å². The highest BCUT2D eigenvalue weighted by molar-refractivity contribution is 5.85. The van der Waals surface area contributed by atoms with E-state index in [1.54, 1.807) is 19.2 Å². The van der Waals surface area contributed by atoms with Crippen LogP contribution in [0.3, 0.4) is 0 Å². The van der Waals surface area contributed by atoms with E-state index < -0.39 is 6.36 Å². The van der Waals surface area contributed by atoms with Gasteiger partial charge in [0, 0.05) is 6.54 Å². The van der Waals surface area contributed by atoms with Gasteiger partial charge in [-0.1, -0.05) is 49.7 Å². The van der Waals surface area contributed by atoms with Crippen molar-refractivity contribution < 1.29 is 22.7 Å². The second-order valence-electron chi connectivity index (χ2n) is 6.44. The van der Waals surface area contributed by atoms with Crippen LogP contribution >= 0.6 is 12.4 Å². The molecule has 0 heterocycles. The van der Waals surface area contributed by atoms with E-state index >= 15 is 0 Å². The lowest BCUT2D eigenvalue weighted by Gasteiger charge is -2.15. The van der Waals surface area contributed by atoms with Crippen LogP contribution in [0.25, 0.3) is 11.1 Å². The van der Waals surface area contributed by atoms with Gasteiger partial charge in [-0.05, 0) is 48.7 Å².